The first-order valence-corrected chi connectivity index (χ1v) is 8.93. The molecule has 25 heavy (non-hydrogen) atoms. The Morgan fingerprint density at radius 3 is 2.60 bits per heavy atom. The van der Waals surface area contributed by atoms with E-state index >= 15 is 0 Å². The van der Waals surface area contributed by atoms with Gasteiger partial charge in [-0.25, -0.2) is 4.39 Å². The molecule has 0 spiro atoms. The fourth-order valence-corrected chi connectivity index (χ4v) is 3.94. The summed E-state index contributed by atoms with van der Waals surface area (Å²) in [5.41, 5.74) is 1.09. The van der Waals surface area contributed by atoms with Gasteiger partial charge in [-0.05, 0) is 44.5 Å². The number of halogens is 1. The smallest absolute Gasteiger partial charge is 0.260 e. The van der Waals surface area contributed by atoms with E-state index in [1.807, 2.05) is 26.8 Å². The molecule has 0 saturated heterocycles. The number of aryl methyl sites for hydroxylation is 2. The maximum Gasteiger partial charge on any atom is 0.260 e. The number of fused-ring (bicyclic) bond motifs is 1. The lowest BCUT2D eigenvalue weighted by Gasteiger charge is -2.14. The lowest BCUT2D eigenvalue weighted by molar-refractivity contribution is 0.0941. The predicted octanol–water partition coefficient (Wildman–Crippen LogP) is 4.02. The SMILES string of the molecule is CCn1ccc2sc(C)c(C(=O)N[C@H](C)c3ccc(F)cc3)c2c1=O. The van der Waals surface area contributed by atoms with Gasteiger partial charge in [-0.2, -0.15) is 0 Å². The molecule has 0 fully saturated rings. The molecule has 4 nitrogen and oxygen atoms in total. The molecule has 2 aromatic heterocycles. The summed E-state index contributed by atoms with van der Waals surface area (Å²) in [7, 11) is 0. The number of nitrogens with one attached hydrogen (secondary N) is 1. The van der Waals surface area contributed by atoms with Crippen molar-refractivity contribution in [3.8, 4) is 0 Å². The Morgan fingerprint density at radius 2 is 1.96 bits per heavy atom. The highest BCUT2D eigenvalue weighted by molar-refractivity contribution is 7.19. The van der Waals surface area contributed by atoms with Gasteiger partial charge >= 0.3 is 0 Å². The van der Waals surface area contributed by atoms with Crippen LogP contribution in [-0.4, -0.2) is 10.5 Å². The average molecular weight is 358 g/mol. The van der Waals surface area contributed by atoms with Gasteiger partial charge in [-0.15, -0.1) is 11.3 Å². The van der Waals surface area contributed by atoms with E-state index in [1.165, 1.54) is 23.5 Å². The number of pyridine rings is 1. The van der Waals surface area contributed by atoms with Gasteiger partial charge in [0.25, 0.3) is 11.5 Å². The van der Waals surface area contributed by atoms with Crippen LogP contribution in [0.25, 0.3) is 10.1 Å². The summed E-state index contributed by atoms with van der Waals surface area (Å²) in [6.45, 7) is 6.12. The third-order valence-electron chi connectivity index (χ3n) is 4.28. The second-order valence-electron chi connectivity index (χ2n) is 5.93. The van der Waals surface area contributed by atoms with Crippen LogP contribution < -0.4 is 10.9 Å². The normalized spacial score (nSPS) is 12.3. The van der Waals surface area contributed by atoms with E-state index in [1.54, 1.807) is 22.9 Å². The number of rotatable bonds is 4. The van der Waals surface area contributed by atoms with E-state index in [4.69, 9.17) is 0 Å². The van der Waals surface area contributed by atoms with Gasteiger partial charge in [0.05, 0.1) is 17.0 Å². The molecule has 6 heteroatoms. The van der Waals surface area contributed by atoms with Crippen LogP contribution in [-0.2, 0) is 6.54 Å². The summed E-state index contributed by atoms with van der Waals surface area (Å²) >= 11 is 1.44. The van der Waals surface area contributed by atoms with Crippen molar-refractivity contribution in [1.29, 1.82) is 0 Å². The summed E-state index contributed by atoms with van der Waals surface area (Å²) in [6.07, 6.45) is 1.75. The topological polar surface area (TPSA) is 51.1 Å². The average Bonchev–Trinajstić information content (AvgIpc) is 2.92. The van der Waals surface area contributed by atoms with Gasteiger partial charge in [0.1, 0.15) is 5.82 Å². The minimum atomic E-state index is -0.318. The lowest BCUT2D eigenvalue weighted by Crippen LogP contribution is -2.28. The highest BCUT2D eigenvalue weighted by Crippen LogP contribution is 2.29. The van der Waals surface area contributed by atoms with Gasteiger partial charge < -0.3 is 9.88 Å². The van der Waals surface area contributed by atoms with Crippen LogP contribution in [0, 0.1) is 12.7 Å². The predicted molar refractivity (Wildman–Crippen MR) is 98.8 cm³/mol. The van der Waals surface area contributed by atoms with Crippen LogP contribution in [0.2, 0.25) is 0 Å². The summed E-state index contributed by atoms with van der Waals surface area (Å²) in [4.78, 5) is 26.3. The molecule has 0 unspecified atom stereocenters. The Labute approximate surface area is 148 Å². The van der Waals surface area contributed by atoms with E-state index in [0.29, 0.717) is 17.5 Å². The summed E-state index contributed by atoms with van der Waals surface area (Å²) < 4.78 is 15.5. The maximum absolute atomic E-state index is 13.1. The number of benzene rings is 1. The molecule has 2 heterocycles. The Kier molecular flexibility index (Phi) is 4.72. The molecule has 3 aromatic rings. The second-order valence-corrected chi connectivity index (χ2v) is 7.18. The molecule has 0 aliphatic heterocycles. The minimum absolute atomic E-state index is 0.149. The van der Waals surface area contributed by atoms with E-state index in [0.717, 1.165) is 15.1 Å². The molecule has 1 amide bonds. The van der Waals surface area contributed by atoms with Crippen LogP contribution in [0.5, 0.6) is 0 Å². The largest absolute Gasteiger partial charge is 0.345 e. The Balaban J connectivity index is 1.98. The van der Waals surface area contributed by atoms with E-state index in [2.05, 4.69) is 5.32 Å². The van der Waals surface area contributed by atoms with Crippen LogP contribution in [0.3, 0.4) is 0 Å². The monoisotopic (exact) mass is 358 g/mol. The van der Waals surface area contributed by atoms with Crippen LogP contribution in [0.1, 0.15) is 40.7 Å². The van der Waals surface area contributed by atoms with Gasteiger partial charge in [0, 0.05) is 22.3 Å². The molecular weight excluding hydrogens is 339 g/mol. The maximum atomic E-state index is 13.1. The molecular formula is C19H19FN2O2S. The number of thiophene rings is 1. The van der Waals surface area contributed by atoms with Crippen molar-refractivity contribution in [2.24, 2.45) is 0 Å². The van der Waals surface area contributed by atoms with Crippen molar-refractivity contribution in [2.75, 3.05) is 0 Å². The van der Waals surface area contributed by atoms with Crippen LogP contribution >= 0.6 is 11.3 Å². The zero-order valence-electron chi connectivity index (χ0n) is 14.3. The van der Waals surface area contributed by atoms with E-state index in [9.17, 15) is 14.0 Å². The number of nitrogens with zero attached hydrogens (tertiary/aromatic N) is 1. The fourth-order valence-electron chi connectivity index (χ4n) is 2.89. The number of carbonyl (C=O) groups excluding carboxylic acids is 1. The molecule has 0 saturated carbocycles. The Hall–Kier alpha value is -2.47. The quantitative estimate of drug-likeness (QED) is 0.766. The number of aromatic nitrogens is 1. The highest BCUT2D eigenvalue weighted by atomic mass is 32.1. The molecule has 0 bridgehead atoms. The summed E-state index contributed by atoms with van der Waals surface area (Å²) in [5.74, 6) is -0.603. The first-order valence-electron chi connectivity index (χ1n) is 8.11. The van der Waals surface area contributed by atoms with Crippen LogP contribution in [0.15, 0.2) is 41.3 Å². The number of hydrogen-bond donors (Lipinski definition) is 1. The molecule has 0 aliphatic rings. The van der Waals surface area contributed by atoms with Gasteiger partial charge in [0.2, 0.25) is 0 Å². The molecule has 1 N–H and O–H groups in total. The molecule has 1 atom stereocenters. The van der Waals surface area contributed by atoms with Crippen molar-refractivity contribution >= 4 is 27.3 Å². The van der Waals surface area contributed by atoms with E-state index < -0.39 is 0 Å². The van der Waals surface area contributed by atoms with Crippen LogP contribution in [0.4, 0.5) is 4.39 Å². The molecule has 0 radical (unpaired) electrons. The molecule has 0 aliphatic carbocycles. The fraction of sp³-hybridized carbons (Fsp3) is 0.263. The summed E-state index contributed by atoms with van der Waals surface area (Å²) in [5, 5.41) is 3.38. The first-order chi connectivity index (χ1) is 11.9. The molecule has 1 aromatic carbocycles. The molecule has 130 valence electrons. The minimum Gasteiger partial charge on any atom is -0.345 e. The van der Waals surface area contributed by atoms with Gasteiger partial charge in [0.15, 0.2) is 0 Å². The van der Waals surface area contributed by atoms with Crippen molar-refractivity contribution in [3.63, 3.8) is 0 Å². The zero-order chi connectivity index (χ0) is 18.1. The zero-order valence-corrected chi connectivity index (χ0v) is 15.1. The van der Waals surface area contributed by atoms with Crippen molar-refractivity contribution in [2.45, 2.75) is 33.4 Å². The Bertz CT molecular complexity index is 989. The van der Waals surface area contributed by atoms with Gasteiger partial charge in [-0.1, -0.05) is 12.1 Å². The van der Waals surface area contributed by atoms with Crippen molar-refractivity contribution < 1.29 is 9.18 Å². The van der Waals surface area contributed by atoms with Gasteiger partial charge in [-0.3, -0.25) is 9.59 Å². The standard InChI is InChI=1S/C19H19FN2O2S/c1-4-22-10-9-15-17(19(22)24)16(12(3)25-15)18(23)21-11(2)13-5-7-14(20)8-6-13/h5-11H,4H2,1-3H3,(H,21,23)/t11-/m1/s1. The number of hydrogen-bond acceptors (Lipinski definition) is 3. The van der Waals surface area contributed by atoms with E-state index in [-0.39, 0.29) is 23.3 Å². The Morgan fingerprint density at radius 1 is 1.28 bits per heavy atom. The summed E-state index contributed by atoms with van der Waals surface area (Å²) in [6, 6.07) is 7.59. The number of amides is 1. The lowest BCUT2D eigenvalue weighted by atomic mass is 10.1. The molecule has 3 rings (SSSR count). The first kappa shape index (κ1) is 17.4. The highest BCUT2D eigenvalue weighted by Gasteiger charge is 2.21. The second kappa shape index (κ2) is 6.80. The van der Waals surface area contributed by atoms with Crippen molar-refractivity contribution in [1.82, 2.24) is 9.88 Å². The third kappa shape index (κ3) is 3.22. The third-order valence-corrected chi connectivity index (χ3v) is 5.35. The number of carbonyl (C=O) groups is 1. The van der Waals surface area contributed by atoms with Crippen molar-refractivity contribution in [3.05, 3.63) is 68.7 Å².